The lowest BCUT2D eigenvalue weighted by Crippen LogP contribution is -2.27. The Balaban J connectivity index is 1.56. The molecule has 1 saturated heterocycles. The topological polar surface area (TPSA) is 66.8 Å². The van der Waals surface area contributed by atoms with Crippen molar-refractivity contribution in [2.75, 3.05) is 34.8 Å². The predicted octanol–water partition coefficient (Wildman–Crippen LogP) is 2.41. The Hall–Kier alpha value is -1.89. The summed E-state index contributed by atoms with van der Waals surface area (Å²) in [5.74, 6) is 5.26. The van der Waals surface area contributed by atoms with Crippen molar-refractivity contribution in [1.82, 2.24) is 20.2 Å². The Kier molecular flexibility index (Phi) is 4.74. The molecule has 1 fully saturated rings. The van der Waals surface area contributed by atoms with Crippen molar-refractivity contribution in [3.05, 3.63) is 34.9 Å². The summed E-state index contributed by atoms with van der Waals surface area (Å²) in [6, 6.07) is 4.62. The van der Waals surface area contributed by atoms with Crippen molar-refractivity contribution >= 4 is 23.4 Å². The lowest BCUT2D eigenvalue weighted by molar-refractivity contribution is 0.770. The highest BCUT2D eigenvalue weighted by atomic mass is 32.2. The van der Waals surface area contributed by atoms with Crippen LogP contribution < -0.4 is 10.2 Å². The number of hydrogen-bond acceptors (Lipinski definition) is 7. The van der Waals surface area contributed by atoms with Crippen LogP contribution in [0, 0.1) is 13.8 Å². The summed E-state index contributed by atoms with van der Waals surface area (Å²) in [5, 5.41) is 12.2. The smallest absolute Gasteiger partial charge is 0.151 e. The summed E-state index contributed by atoms with van der Waals surface area (Å²) >= 11 is 2.02. The van der Waals surface area contributed by atoms with E-state index in [0.29, 0.717) is 6.04 Å². The maximum atomic E-state index is 4.73. The van der Waals surface area contributed by atoms with Crippen molar-refractivity contribution in [3.63, 3.8) is 0 Å². The summed E-state index contributed by atoms with van der Waals surface area (Å²) in [4.78, 5) is 11.8. The molecule has 2 aromatic rings. The second-order valence-electron chi connectivity index (χ2n) is 6.77. The lowest BCUT2D eigenvalue weighted by Gasteiger charge is -2.20. The molecule has 132 valence electrons. The zero-order valence-corrected chi connectivity index (χ0v) is 15.6. The minimum atomic E-state index is 0.533. The van der Waals surface area contributed by atoms with Gasteiger partial charge in [0.2, 0.25) is 0 Å². The fourth-order valence-corrected chi connectivity index (χ4v) is 4.63. The van der Waals surface area contributed by atoms with Crippen LogP contribution in [0.3, 0.4) is 0 Å². The standard InChI is InChI=1S/C18H24N6S/c1-12-3-4-17(23-22-12)24-8-5-15-16(6-9-24)19-13(2)20-18(15)21-14-7-10-25-11-14/h3-4,14H,5-11H2,1-2H3,(H,19,20,21). The maximum Gasteiger partial charge on any atom is 0.151 e. The molecular weight excluding hydrogens is 332 g/mol. The molecule has 25 heavy (non-hydrogen) atoms. The molecular formula is C18H24N6S. The normalized spacial score (nSPS) is 20.2. The van der Waals surface area contributed by atoms with Crippen LogP contribution in [0.1, 0.15) is 29.2 Å². The summed E-state index contributed by atoms with van der Waals surface area (Å²) < 4.78 is 0. The molecule has 0 bridgehead atoms. The number of fused-ring (bicyclic) bond motifs is 1. The van der Waals surface area contributed by atoms with Gasteiger partial charge in [0, 0.05) is 36.9 Å². The van der Waals surface area contributed by atoms with Crippen LogP contribution in [0.15, 0.2) is 12.1 Å². The summed E-state index contributed by atoms with van der Waals surface area (Å²) in [7, 11) is 0. The zero-order chi connectivity index (χ0) is 17.2. The van der Waals surface area contributed by atoms with E-state index < -0.39 is 0 Å². The molecule has 1 unspecified atom stereocenters. The number of anilines is 2. The van der Waals surface area contributed by atoms with Gasteiger partial charge in [0.1, 0.15) is 11.6 Å². The first kappa shape index (κ1) is 16.6. The number of rotatable bonds is 3. The molecule has 0 saturated carbocycles. The number of hydrogen-bond donors (Lipinski definition) is 1. The molecule has 4 heterocycles. The zero-order valence-electron chi connectivity index (χ0n) is 14.8. The average Bonchev–Trinajstić information content (AvgIpc) is 3.01. The van der Waals surface area contributed by atoms with E-state index in [2.05, 4.69) is 26.5 Å². The fourth-order valence-electron chi connectivity index (χ4n) is 3.47. The maximum absolute atomic E-state index is 4.73. The van der Waals surface area contributed by atoms with Gasteiger partial charge < -0.3 is 10.2 Å². The van der Waals surface area contributed by atoms with Crippen LogP contribution in [0.4, 0.5) is 11.6 Å². The second kappa shape index (κ2) is 7.15. The predicted molar refractivity (Wildman–Crippen MR) is 103 cm³/mol. The molecule has 0 radical (unpaired) electrons. The van der Waals surface area contributed by atoms with Gasteiger partial charge in [-0.2, -0.15) is 16.9 Å². The highest BCUT2D eigenvalue weighted by Gasteiger charge is 2.23. The van der Waals surface area contributed by atoms with E-state index in [9.17, 15) is 0 Å². The van der Waals surface area contributed by atoms with Gasteiger partial charge in [-0.3, -0.25) is 0 Å². The fraction of sp³-hybridized carbons (Fsp3) is 0.556. The van der Waals surface area contributed by atoms with E-state index in [1.165, 1.54) is 29.2 Å². The van der Waals surface area contributed by atoms with E-state index in [0.717, 1.165) is 49.1 Å². The Bertz CT molecular complexity index is 742. The lowest BCUT2D eigenvalue weighted by atomic mass is 10.1. The third-order valence-electron chi connectivity index (χ3n) is 4.83. The van der Waals surface area contributed by atoms with Crippen LogP contribution in [0.25, 0.3) is 0 Å². The van der Waals surface area contributed by atoms with E-state index in [-0.39, 0.29) is 0 Å². The quantitative estimate of drug-likeness (QED) is 0.906. The summed E-state index contributed by atoms with van der Waals surface area (Å²) in [5.41, 5.74) is 3.41. The van der Waals surface area contributed by atoms with Crippen molar-refractivity contribution in [2.24, 2.45) is 0 Å². The Morgan fingerprint density at radius 2 is 2.00 bits per heavy atom. The first-order chi connectivity index (χ1) is 12.2. The average molecular weight is 356 g/mol. The van der Waals surface area contributed by atoms with Crippen molar-refractivity contribution < 1.29 is 0 Å². The highest BCUT2D eigenvalue weighted by molar-refractivity contribution is 7.99. The molecule has 0 spiro atoms. The van der Waals surface area contributed by atoms with Crippen LogP contribution in [-0.4, -0.2) is 50.8 Å². The van der Waals surface area contributed by atoms with Gasteiger partial charge >= 0.3 is 0 Å². The molecule has 2 aliphatic heterocycles. The molecule has 0 amide bonds. The Morgan fingerprint density at radius 1 is 1.12 bits per heavy atom. The number of aryl methyl sites for hydroxylation is 2. The molecule has 1 atom stereocenters. The van der Waals surface area contributed by atoms with Crippen LogP contribution in [0.2, 0.25) is 0 Å². The van der Waals surface area contributed by atoms with Gasteiger partial charge in [-0.25, -0.2) is 9.97 Å². The van der Waals surface area contributed by atoms with Crippen molar-refractivity contribution in [3.8, 4) is 0 Å². The molecule has 0 aliphatic carbocycles. The molecule has 2 aromatic heterocycles. The van der Waals surface area contributed by atoms with Crippen molar-refractivity contribution in [1.29, 1.82) is 0 Å². The van der Waals surface area contributed by atoms with Gasteiger partial charge in [-0.15, -0.1) is 5.10 Å². The molecule has 1 N–H and O–H groups in total. The Labute approximate surface area is 152 Å². The number of nitrogens with zero attached hydrogens (tertiary/aromatic N) is 5. The highest BCUT2D eigenvalue weighted by Crippen LogP contribution is 2.26. The van der Waals surface area contributed by atoms with Gasteiger partial charge in [0.05, 0.1) is 11.4 Å². The number of aromatic nitrogens is 4. The van der Waals surface area contributed by atoms with Crippen LogP contribution in [-0.2, 0) is 12.8 Å². The largest absolute Gasteiger partial charge is 0.366 e. The van der Waals surface area contributed by atoms with Gasteiger partial charge in [-0.05, 0) is 44.6 Å². The molecule has 2 aliphatic rings. The van der Waals surface area contributed by atoms with Crippen LogP contribution in [0.5, 0.6) is 0 Å². The Morgan fingerprint density at radius 3 is 2.76 bits per heavy atom. The van der Waals surface area contributed by atoms with Gasteiger partial charge in [0.25, 0.3) is 0 Å². The molecule has 4 rings (SSSR count). The minimum absolute atomic E-state index is 0.533. The van der Waals surface area contributed by atoms with Crippen molar-refractivity contribution in [2.45, 2.75) is 39.2 Å². The summed E-state index contributed by atoms with van der Waals surface area (Å²) in [6.07, 6.45) is 3.07. The van der Waals surface area contributed by atoms with E-state index in [4.69, 9.17) is 9.97 Å². The van der Waals surface area contributed by atoms with E-state index in [1.54, 1.807) is 0 Å². The van der Waals surface area contributed by atoms with Crippen LogP contribution >= 0.6 is 11.8 Å². The van der Waals surface area contributed by atoms with Gasteiger partial charge in [-0.1, -0.05) is 0 Å². The van der Waals surface area contributed by atoms with E-state index in [1.807, 2.05) is 31.7 Å². The van der Waals surface area contributed by atoms with E-state index >= 15 is 0 Å². The number of thioether (sulfide) groups is 1. The first-order valence-electron chi connectivity index (χ1n) is 8.95. The molecule has 0 aromatic carbocycles. The minimum Gasteiger partial charge on any atom is -0.366 e. The first-order valence-corrected chi connectivity index (χ1v) is 10.1. The monoisotopic (exact) mass is 356 g/mol. The molecule has 6 nitrogen and oxygen atoms in total. The third-order valence-corrected chi connectivity index (χ3v) is 6.00. The molecule has 7 heteroatoms. The number of nitrogens with one attached hydrogen (secondary N) is 1. The third kappa shape index (κ3) is 3.71. The second-order valence-corrected chi connectivity index (χ2v) is 7.92. The van der Waals surface area contributed by atoms with Gasteiger partial charge in [0.15, 0.2) is 5.82 Å². The summed E-state index contributed by atoms with van der Waals surface area (Å²) in [6.45, 7) is 5.79. The SMILES string of the molecule is Cc1ccc(N2CCc3nc(C)nc(NC4CCSC4)c3CC2)nn1.